The van der Waals surface area contributed by atoms with Crippen LogP contribution in [0.25, 0.3) is 0 Å². The van der Waals surface area contributed by atoms with Gasteiger partial charge in [-0.3, -0.25) is 0 Å². The first-order chi connectivity index (χ1) is 20.7. The quantitative estimate of drug-likeness (QED) is 0.0445. The SMILES string of the molecule is [CH2-]OCC(O)COC1CC(O)CC(OCC(O)CO[CH2-])C1.[CH2-]OCC(O)COCCCO.[CH2-]OCC(O)COCCCO.[Rf].[Rf]. The Kier molecular flexibility index (Phi) is 39.3. The fraction of sp³-hybridized carbons (Fsp3) is 0.857. The van der Waals surface area contributed by atoms with Crippen LogP contribution in [0.3, 0.4) is 0 Å². The molecule has 1 aliphatic carbocycles. The molecule has 45 heavy (non-hydrogen) atoms. The van der Waals surface area contributed by atoms with Crippen molar-refractivity contribution in [1.82, 2.24) is 0 Å². The van der Waals surface area contributed by atoms with E-state index in [-0.39, 0.29) is 78.3 Å². The Morgan fingerprint density at radius 1 is 0.511 bits per heavy atom. The summed E-state index contributed by atoms with van der Waals surface area (Å²) >= 11 is 0. The summed E-state index contributed by atoms with van der Waals surface area (Å²) in [5.41, 5.74) is 0. The predicted octanol–water partition coefficient (Wildman–Crippen LogP) is -1.25. The van der Waals surface area contributed by atoms with E-state index >= 15 is 0 Å². The first-order valence-corrected chi connectivity index (χ1v) is 14.2. The van der Waals surface area contributed by atoms with Crippen LogP contribution >= 0.6 is 0 Å². The van der Waals surface area contributed by atoms with Crippen LogP contribution in [0.1, 0.15) is 32.1 Å². The van der Waals surface area contributed by atoms with Crippen molar-refractivity contribution in [2.24, 2.45) is 0 Å². The minimum atomic E-state index is -0.739. The van der Waals surface area contributed by atoms with Crippen molar-refractivity contribution >= 4 is 0 Å². The largest absolute Gasteiger partial charge is 0.553 e. The van der Waals surface area contributed by atoms with E-state index in [1.54, 1.807) is 0 Å². The molecule has 0 bridgehead atoms. The smallest absolute Gasteiger partial charge is 0.0976 e. The van der Waals surface area contributed by atoms with Gasteiger partial charge in [-0.15, -0.1) is 0 Å². The molecular weight excluding hydrogens is 1110 g/mol. The Hall–Kier alpha value is -2.60. The normalized spacial score (nSPS) is 20.2. The van der Waals surface area contributed by atoms with Crippen LogP contribution in [0.2, 0.25) is 0 Å². The zero-order chi connectivity index (χ0) is 32.7. The van der Waals surface area contributed by atoms with Crippen LogP contribution in [0.15, 0.2) is 0 Å². The van der Waals surface area contributed by atoms with E-state index in [0.717, 1.165) is 0 Å². The summed E-state index contributed by atoms with van der Waals surface area (Å²) in [4.78, 5) is 0. The van der Waals surface area contributed by atoms with Crippen molar-refractivity contribution in [3.8, 4) is 0 Å². The van der Waals surface area contributed by atoms with Crippen molar-refractivity contribution in [1.29, 1.82) is 0 Å². The molecule has 0 amide bonds. The number of ether oxygens (including phenoxy) is 8. The zero-order valence-corrected chi connectivity index (χ0v) is 39.5. The molecule has 1 aliphatic rings. The second-order valence-electron chi connectivity index (χ2n) is 9.67. The van der Waals surface area contributed by atoms with Crippen LogP contribution in [0.5, 0.6) is 0 Å². The minimum Gasteiger partial charge on any atom is -0.553 e. The molecule has 0 aromatic rings. The van der Waals surface area contributed by atoms with Crippen molar-refractivity contribution in [3.05, 3.63) is 28.4 Å². The second kappa shape index (κ2) is 35.9. The monoisotopic (exact) mass is 1170 g/mol. The van der Waals surface area contributed by atoms with E-state index in [2.05, 4.69) is 47.4 Å². The molecule has 1 saturated carbocycles. The van der Waals surface area contributed by atoms with Crippen LogP contribution in [-0.4, -0.2) is 158 Å². The molecule has 1 fully saturated rings. The fourth-order valence-corrected chi connectivity index (χ4v) is 3.46. The van der Waals surface area contributed by atoms with Crippen LogP contribution in [-0.2, 0) is 37.9 Å². The van der Waals surface area contributed by atoms with Gasteiger partial charge in [0.1, 0.15) is 0 Å². The molecule has 0 aromatic carbocycles. The average Bonchev–Trinajstić information content (AvgIpc) is 2.97. The molecule has 7 N–H and O–H groups in total. The van der Waals surface area contributed by atoms with E-state index in [1.807, 2.05) is 0 Å². The van der Waals surface area contributed by atoms with Gasteiger partial charge in [0.2, 0.25) is 0 Å². The summed E-state index contributed by atoms with van der Waals surface area (Å²) in [6.45, 7) is 2.43. The van der Waals surface area contributed by atoms with Gasteiger partial charge >= 0.3 is 0 Å². The van der Waals surface area contributed by atoms with Crippen LogP contribution in [0.4, 0.5) is 0 Å². The maximum Gasteiger partial charge on any atom is 0.0976 e. The molecule has 6 atom stereocenters. The number of rotatable bonds is 24. The van der Waals surface area contributed by atoms with Gasteiger partial charge in [-0.25, -0.2) is 28.4 Å². The molecule has 17 heteroatoms. The van der Waals surface area contributed by atoms with Gasteiger partial charge in [0, 0.05) is 52.9 Å². The third kappa shape index (κ3) is 34.1. The van der Waals surface area contributed by atoms with E-state index in [4.69, 9.17) is 39.4 Å². The van der Waals surface area contributed by atoms with Gasteiger partial charge in [0.15, 0.2) is 0 Å². The second-order valence-corrected chi connectivity index (χ2v) is 9.67. The molecule has 0 spiro atoms. The van der Waals surface area contributed by atoms with Crippen LogP contribution < -0.4 is 0 Å². The summed E-state index contributed by atoms with van der Waals surface area (Å²) in [5, 5.41) is 63.6. The molecule has 15 nitrogen and oxygen atoms in total. The van der Waals surface area contributed by atoms with Gasteiger partial charge in [0.25, 0.3) is 0 Å². The first kappa shape index (κ1) is 49.3. The van der Waals surface area contributed by atoms with Gasteiger partial charge in [-0.2, -0.15) is 0 Å². The maximum absolute atomic E-state index is 9.83. The zero-order valence-electron chi connectivity index (χ0n) is 26.7. The molecule has 0 saturated heterocycles. The Morgan fingerprint density at radius 2 is 0.822 bits per heavy atom. The van der Waals surface area contributed by atoms with Crippen molar-refractivity contribution in [3.63, 3.8) is 0 Å². The molecule has 0 heterocycles. The number of aliphatic hydroxyl groups excluding tert-OH is 7. The van der Waals surface area contributed by atoms with E-state index in [9.17, 15) is 15.3 Å². The first-order valence-electron chi connectivity index (χ1n) is 14.2. The molecule has 0 aliphatic heterocycles. The summed E-state index contributed by atoms with van der Waals surface area (Å²) in [6.07, 6.45) is -0.824. The molecule has 266 valence electrons. The Labute approximate surface area is 256 Å². The maximum atomic E-state index is 9.83. The molecule has 0 radical (unpaired) electrons. The van der Waals surface area contributed by atoms with Crippen molar-refractivity contribution in [2.75, 3.05) is 79.3 Å². The summed E-state index contributed by atoms with van der Waals surface area (Å²) in [7, 11) is 12.6. The Bertz CT molecular complexity index is 516. The summed E-state index contributed by atoms with van der Waals surface area (Å²) in [6, 6.07) is 0. The summed E-state index contributed by atoms with van der Waals surface area (Å²) < 4.78 is 39.1. The minimum absolute atomic E-state index is 0. The topological polar surface area (TPSA) is 215 Å². The van der Waals surface area contributed by atoms with E-state index in [0.29, 0.717) is 45.3 Å². The fourth-order valence-electron chi connectivity index (χ4n) is 3.46. The molecule has 6 unspecified atom stereocenters. The van der Waals surface area contributed by atoms with Gasteiger partial charge in [0.05, 0.1) is 69.2 Å². The van der Waals surface area contributed by atoms with Gasteiger partial charge in [-0.05, 0) is 32.1 Å². The van der Waals surface area contributed by atoms with E-state index < -0.39 is 30.5 Å². The van der Waals surface area contributed by atoms with Crippen LogP contribution in [0, 0.1) is 28.4 Å². The van der Waals surface area contributed by atoms with E-state index in [1.165, 1.54) is 0 Å². The third-order valence-electron chi connectivity index (χ3n) is 5.40. The molecule has 0 aromatic heterocycles. The molecular formula is C28H56O15Rf2-4. The number of aliphatic hydroxyl groups is 7. The number of hydrogen-bond acceptors (Lipinski definition) is 15. The summed E-state index contributed by atoms with van der Waals surface area (Å²) in [5.74, 6) is 0. The molecule has 1 rings (SSSR count). The average molecular weight is 1170 g/mol. The van der Waals surface area contributed by atoms with Gasteiger partial charge < -0.3 is 73.6 Å². The standard InChI is InChI=1S/C14H26O7.2C7H15O4.2Rf/c1-18-6-11(16)8-20-13-3-10(15)4-14(5-13)21-9-12(17)7-19-2;2*1-10-5-7(9)6-11-4-2-3-8;;/h10-17H,1-9H2;2*7-9H,1-6H2;;/q-2;2*-1;;. The third-order valence-corrected chi connectivity index (χ3v) is 5.40. The predicted molar refractivity (Wildman–Crippen MR) is 154 cm³/mol. The van der Waals surface area contributed by atoms with Crippen molar-refractivity contribution < 1.29 is 73.6 Å². The van der Waals surface area contributed by atoms with Crippen molar-refractivity contribution in [2.45, 2.75) is 74.8 Å². The Balaban J connectivity index is -0.000000300. The number of hydrogen-bond donors (Lipinski definition) is 7. The van der Waals surface area contributed by atoms with Gasteiger partial charge in [-0.1, -0.05) is 0 Å². The Morgan fingerprint density at radius 3 is 1.11 bits per heavy atom.